The number of benzene rings is 1. The van der Waals surface area contributed by atoms with Crippen LogP contribution in [0.3, 0.4) is 0 Å². The van der Waals surface area contributed by atoms with Crippen molar-refractivity contribution in [3.63, 3.8) is 0 Å². The third-order valence-electron chi connectivity index (χ3n) is 3.96. The number of aromatic nitrogens is 2. The molecule has 23 heavy (non-hydrogen) atoms. The van der Waals surface area contributed by atoms with Gasteiger partial charge in [-0.05, 0) is 19.4 Å². The highest BCUT2D eigenvalue weighted by molar-refractivity contribution is 5.94. The van der Waals surface area contributed by atoms with Crippen molar-refractivity contribution < 1.29 is 14.3 Å². The Balaban J connectivity index is 2.00. The molecule has 3 rings (SSSR count). The van der Waals surface area contributed by atoms with E-state index in [1.165, 1.54) is 4.68 Å². The van der Waals surface area contributed by atoms with E-state index in [2.05, 4.69) is 10.4 Å². The number of nitrogens with zero attached hydrogens (tertiary/aromatic N) is 2. The molecule has 1 N–H and O–H groups in total. The third kappa shape index (κ3) is 2.97. The van der Waals surface area contributed by atoms with Crippen molar-refractivity contribution in [2.24, 2.45) is 0 Å². The van der Waals surface area contributed by atoms with Gasteiger partial charge in [0.25, 0.3) is 0 Å². The molecule has 0 radical (unpaired) electrons. The number of ether oxygens (including phenoxy) is 1. The quantitative estimate of drug-likeness (QED) is 0.879. The predicted octanol–water partition coefficient (Wildman–Crippen LogP) is 2.23. The number of amides is 1. The number of hydrogen-bond acceptors (Lipinski definition) is 4. The number of hydrogen-bond donors (Lipinski definition) is 1. The highest BCUT2D eigenvalue weighted by Crippen LogP contribution is 2.38. The van der Waals surface area contributed by atoms with Gasteiger partial charge in [-0.3, -0.25) is 9.59 Å². The van der Waals surface area contributed by atoms with Gasteiger partial charge in [-0.2, -0.15) is 5.10 Å². The van der Waals surface area contributed by atoms with Gasteiger partial charge in [-0.25, -0.2) is 4.68 Å². The van der Waals surface area contributed by atoms with E-state index in [1.807, 2.05) is 37.3 Å². The van der Waals surface area contributed by atoms with Crippen LogP contribution in [0.15, 0.2) is 30.3 Å². The zero-order valence-corrected chi connectivity index (χ0v) is 13.2. The second kappa shape index (κ2) is 6.24. The zero-order valence-electron chi connectivity index (χ0n) is 13.2. The van der Waals surface area contributed by atoms with Crippen LogP contribution in [-0.4, -0.2) is 28.3 Å². The Morgan fingerprint density at radius 3 is 2.83 bits per heavy atom. The maximum Gasteiger partial charge on any atom is 0.327 e. The normalized spacial score (nSPS) is 16.6. The average Bonchev–Trinajstić information content (AvgIpc) is 2.83. The maximum atomic E-state index is 12.1. The van der Waals surface area contributed by atoms with Crippen LogP contribution >= 0.6 is 0 Å². The van der Waals surface area contributed by atoms with Crippen LogP contribution in [0.25, 0.3) is 0 Å². The number of carbonyl (C=O) groups excluding carboxylic acids is 2. The molecule has 1 aliphatic heterocycles. The molecule has 1 amide bonds. The van der Waals surface area contributed by atoms with Gasteiger partial charge in [0.05, 0.1) is 12.3 Å². The number of anilines is 1. The maximum absolute atomic E-state index is 12.1. The Hall–Kier alpha value is -2.63. The van der Waals surface area contributed by atoms with E-state index in [0.29, 0.717) is 18.8 Å². The largest absolute Gasteiger partial charge is 0.465 e. The first-order valence-electron chi connectivity index (χ1n) is 7.67. The van der Waals surface area contributed by atoms with Crippen molar-refractivity contribution in [2.45, 2.75) is 32.7 Å². The number of esters is 1. The summed E-state index contributed by atoms with van der Waals surface area (Å²) in [6.07, 6.45) is 0.378. The Kier molecular flexibility index (Phi) is 4.14. The fraction of sp³-hybridized carbons (Fsp3) is 0.353. The minimum absolute atomic E-state index is 0.00813. The lowest BCUT2D eigenvalue weighted by Gasteiger charge is -2.24. The molecule has 1 aromatic heterocycles. The van der Waals surface area contributed by atoms with Crippen molar-refractivity contribution in [3.05, 3.63) is 47.2 Å². The van der Waals surface area contributed by atoms with Crippen LogP contribution in [-0.2, 0) is 20.9 Å². The molecule has 0 bridgehead atoms. The van der Waals surface area contributed by atoms with Crippen molar-refractivity contribution >= 4 is 17.7 Å². The van der Waals surface area contributed by atoms with Gasteiger partial charge < -0.3 is 10.1 Å². The van der Waals surface area contributed by atoms with Gasteiger partial charge in [0.15, 0.2) is 0 Å². The molecule has 120 valence electrons. The van der Waals surface area contributed by atoms with Gasteiger partial charge >= 0.3 is 5.97 Å². The molecular weight excluding hydrogens is 294 g/mol. The summed E-state index contributed by atoms with van der Waals surface area (Å²) >= 11 is 0. The Morgan fingerprint density at radius 1 is 1.39 bits per heavy atom. The van der Waals surface area contributed by atoms with E-state index in [0.717, 1.165) is 16.8 Å². The van der Waals surface area contributed by atoms with Crippen LogP contribution in [0, 0.1) is 6.92 Å². The topological polar surface area (TPSA) is 73.2 Å². The Labute approximate surface area is 134 Å². The molecule has 1 aromatic carbocycles. The van der Waals surface area contributed by atoms with Crippen molar-refractivity contribution in [1.82, 2.24) is 9.78 Å². The van der Waals surface area contributed by atoms with Gasteiger partial charge in [0.2, 0.25) is 5.91 Å². The van der Waals surface area contributed by atoms with Crippen LogP contribution in [0.2, 0.25) is 0 Å². The van der Waals surface area contributed by atoms with E-state index < -0.39 is 0 Å². The summed E-state index contributed by atoms with van der Waals surface area (Å²) in [5, 5.41) is 7.28. The number of aryl methyl sites for hydroxylation is 1. The second-order valence-electron chi connectivity index (χ2n) is 5.53. The molecule has 0 aliphatic carbocycles. The number of carbonyl (C=O) groups is 2. The SMILES string of the molecule is CCOC(=O)Cn1nc(C)c2c1NC(=O)C[C@H]2c1ccccc1. The van der Waals surface area contributed by atoms with Gasteiger partial charge in [-0.1, -0.05) is 30.3 Å². The first kappa shape index (κ1) is 15.3. The number of nitrogens with one attached hydrogen (secondary N) is 1. The van der Waals surface area contributed by atoms with Gasteiger partial charge in [-0.15, -0.1) is 0 Å². The molecule has 2 heterocycles. The lowest BCUT2D eigenvalue weighted by molar-refractivity contribution is -0.144. The molecule has 0 spiro atoms. The number of rotatable bonds is 4. The van der Waals surface area contributed by atoms with Crippen LogP contribution < -0.4 is 5.32 Å². The van der Waals surface area contributed by atoms with Gasteiger partial charge in [0, 0.05) is 17.9 Å². The molecule has 0 saturated carbocycles. The average molecular weight is 313 g/mol. The highest BCUT2D eigenvalue weighted by Gasteiger charge is 2.32. The summed E-state index contributed by atoms with van der Waals surface area (Å²) in [5.74, 6) is 0.113. The first-order chi connectivity index (χ1) is 11.1. The molecule has 0 saturated heterocycles. The Morgan fingerprint density at radius 2 is 2.13 bits per heavy atom. The molecule has 1 aliphatic rings. The minimum Gasteiger partial charge on any atom is -0.465 e. The van der Waals surface area contributed by atoms with E-state index in [-0.39, 0.29) is 24.3 Å². The van der Waals surface area contributed by atoms with Crippen LogP contribution in [0.5, 0.6) is 0 Å². The summed E-state index contributed by atoms with van der Waals surface area (Å²) in [6, 6.07) is 9.88. The molecule has 0 fully saturated rings. The molecule has 1 atom stereocenters. The van der Waals surface area contributed by atoms with E-state index in [1.54, 1.807) is 6.92 Å². The Bertz CT molecular complexity index is 737. The van der Waals surface area contributed by atoms with E-state index >= 15 is 0 Å². The fourth-order valence-corrected chi connectivity index (χ4v) is 3.03. The predicted molar refractivity (Wildman–Crippen MR) is 85.1 cm³/mol. The third-order valence-corrected chi connectivity index (χ3v) is 3.96. The van der Waals surface area contributed by atoms with Crippen LogP contribution in [0.1, 0.15) is 36.1 Å². The fourth-order valence-electron chi connectivity index (χ4n) is 3.03. The monoisotopic (exact) mass is 313 g/mol. The lowest BCUT2D eigenvalue weighted by Crippen LogP contribution is -2.26. The zero-order chi connectivity index (χ0) is 16.4. The van der Waals surface area contributed by atoms with Crippen LogP contribution in [0.4, 0.5) is 5.82 Å². The van der Waals surface area contributed by atoms with Crippen molar-refractivity contribution in [3.8, 4) is 0 Å². The molecule has 0 unspecified atom stereocenters. The number of fused-ring (bicyclic) bond motifs is 1. The molecule has 6 nitrogen and oxygen atoms in total. The van der Waals surface area contributed by atoms with Crippen molar-refractivity contribution in [2.75, 3.05) is 11.9 Å². The minimum atomic E-state index is -0.367. The summed E-state index contributed by atoms with van der Waals surface area (Å²) in [4.78, 5) is 23.9. The molecule has 2 aromatic rings. The first-order valence-corrected chi connectivity index (χ1v) is 7.67. The van der Waals surface area contributed by atoms with Crippen molar-refractivity contribution in [1.29, 1.82) is 0 Å². The smallest absolute Gasteiger partial charge is 0.327 e. The summed E-state index contributed by atoms with van der Waals surface area (Å²) in [6.45, 7) is 3.97. The molecule has 6 heteroatoms. The van der Waals surface area contributed by atoms with Gasteiger partial charge in [0.1, 0.15) is 12.4 Å². The lowest BCUT2D eigenvalue weighted by atomic mass is 9.86. The summed E-state index contributed by atoms with van der Waals surface area (Å²) in [5.41, 5.74) is 2.86. The highest BCUT2D eigenvalue weighted by atomic mass is 16.5. The second-order valence-corrected chi connectivity index (χ2v) is 5.53. The van der Waals surface area contributed by atoms with E-state index in [9.17, 15) is 9.59 Å². The summed E-state index contributed by atoms with van der Waals surface area (Å²) < 4.78 is 6.50. The molecular formula is C17H19N3O3. The summed E-state index contributed by atoms with van der Waals surface area (Å²) in [7, 11) is 0. The van der Waals surface area contributed by atoms with E-state index in [4.69, 9.17) is 4.74 Å². The standard InChI is InChI=1S/C17H19N3O3/c1-3-23-15(22)10-20-17-16(11(2)19-20)13(9-14(21)18-17)12-7-5-4-6-8-12/h4-8,13H,3,9-10H2,1-2H3,(H,18,21)/t13-/m0/s1.